The van der Waals surface area contributed by atoms with E-state index < -0.39 is 15.6 Å². The topological polar surface area (TPSA) is 86.7 Å². The Hall–Kier alpha value is -1.44. The molecule has 1 saturated heterocycles. The standard InChI is InChI=1S/C12H16N2O4S/c1-12(16)7-14(8-12)19(17,18)10-5-3-9(4-6-10)11(15)13-2/h3-6,16H,7-8H2,1-2H3,(H,13,15). The molecule has 0 bridgehead atoms. The highest BCUT2D eigenvalue weighted by Gasteiger charge is 2.43. The fourth-order valence-corrected chi connectivity index (χ4v) is 3.63. The summed E-state index contributed by atoms with van der Waals surface area (Å²) in [5.41, 5.74) is -0.549. The summed E-state index contributed by atoms with van der Waals surface area (Å²) in [6.07, 6.45) is 0. The lowest BCUT2D eigenvalue weighted by atomic mass is 10.0. The highest BCUT2D eigenvalue weighted by molar-refractivity contribution is 7.89. The minimum Gasteiger partial charge on any atom is -0.387 e. The first-order chi connectivity index (χ1) is 8.76. The SMILES string of the molecule is CNC(=O)c1ccc(S(=O)(=O)N2CC(C)(O)C2)cc1. The van der Waals surface area contributed by atoms with Gasteiger partial charge in [0.05, 0.1) is 10.5 Å². The van der Waals surface area contributed by atoms with E-state index in [9.17, 15) is 18.3 Å². The number of amides is 1. The molecule has 0 aromatic heterocycles. The monoisotopic (exact) mass is 284 g/mol. The number of carbonyl (C=O) groups excluding carboxylic acids is 1. The second-order valence-corrected chi connectivity index (χ2v) is 6.81. The van der Waals surface area contributed by atoms with E-state index in [1.54, 1.807) is 6.92 Å². The predicted molar refractivity (Wildman–Crippen MR) is 69.2 cm³/mol. The fourth-order valence-electron chi connectivity index (χ4n) is 1.96. The highest BCUT2D eigenvalue weighted by atomic mass is 32.2. The van der Waals surface area contributed by atoms with Crippen molar-refractivity contribution in [2.45, 2.75) is 17.4 Å². The predicted octanol–water partition coefficient (Wildman–Crippen LogP) is -0.198. The van der Waals surface area contributed by atoms with Crippen molar-refractivity contribution in [2.75, 3.05) is 20.1 Å². The Balaban J connectivity index is 2.21. The zero-order chi connectivity index (χ0) is 14.3. The molecule has 0 unspecified atom stereocenters. The third-order valence-electron chi connectivity index (χ3n) is 3.02. The van der Waals surface area contributed by atoms with Crippen LogP contribution in [0, 0.1) is 0 Å². The molecule has 0 radical (unpaired) electrons. The van der Waals surface area contributed by atoms with Gasteiger partial charge >= 0.3 is 0 Å². The third kappa shape index (κ3) is 2.63. The van der Waals surface area contributed by atoms with Crippen molar-refractivity contribution in [3.05, 3.63) is 29.8 Å². The van der Waals surface area contributed by atoms with Crippen LogP contribution in [0.15, 0.2) is 29.2 Å². The molecule has 0 saturated carbocycles. The summed E-state index contributed by atoms with van der Waals surface area (Å²) < 4.78 is 25.5. The minimum absolute atomic E-state index is 0.0898. The van der Waals surface area contributed by atoms with Gasteiger partial charge in [-0.3, -0.25) is 4.79 Å². The van der Waals surface area contributed by atoms with Crippen LogP contribution in [0.4, 0.5) is 0 Å². The fraction of sp³-hybridized carbons (Fsp3) is 0.417. The number of hydrogen-bond acceptors (Lipinski definition) is 4. The van der Waals surface area contributed by atoms with Gasteiger partial charge in [-0.25, -0.2) is 8.42 Å². The quantitative estimate of drug-likeness (QED) is 0.805. The maximum absolute atomic E-state index is 12.2. The van der Waals surface area contributed by atoms with Crippen LogP contribution < -0.4 is 5.32 Å². The maximum Gasteiger partial charge on any atom is 0.251 e. The number of hydrogen-bond donors (Lipinski definition) is 2. The Morgan fingerprint density at radius 3 is 2.26 bits per heavy atom. The van der Waals surface area contributed by atoms with Gasteiger partial charge in [0, 0.05) is 25.7 Å². The average Bonchev–Trinajstić information content (AvgIpc) is 2.35. The first kappa shape index (κ1) is 14.0. The van der Waals surface area contributed by atoms with Crippen molar-refractivity contribution in [3.63, 3.8) is 0 Å². The van der Waals surface area contributed by atoms with Crippen molar-refractivity contribution in [2.24, 2.45) is 0 Å². The van der Waals surface area contributed by atoms with Gasteiger partial charge in [-0.05, 0) is 31.2 Å². The second-order valence-electron chi connectivity index (χ2n) is 4.87. The zero-order valence-electron chi connectivity index (χ0n) is 10.8. The molecule has 7 heteroatoms. The average molecular weight is 284 g/mol. The van der Waals surface area contributed by atoms with E-state index in [0.717, 1.165) is 0 Å². The van der Waals surface area contributed by atoms with E-state index in [2.05, 4.69) is 5.32 Å². The number of rotatable bonds is 3. The first-order valence-corrected chi connectivity index (χ1v) is 7.25. The van der Waals surface area contributed by atoms with Gasteiger partial charge in [-0.2, -0.15) is 4.31 Å². The number of β-amino-alcohol motifs (C(OH)–C–C–N with tert-alkyl or cyclic N) is 1. The summed E-state index contributed by atoms with van der Waals surface area (Å²) in [6.45, 7) is 1.77. The van der Waals surface area contributed by atoms with Gasteiger partial charge in [0.25, 0.3) is 5.91 Å². The van der Waals surface area contributed by atoms with Crippen LogP contribution in [0.5, 0.6) is 0 Å². The Labute approximate surface area is 112 Å². The van der Waals surface area contributed by atoms with Crippen LogP contribution in [0.3, 0.4) is 0 Å². The molecule has 1 fully saturated rings. The molecule has 0 atom stereocenters. The van der Waals surface area contributed by atoms with Crippen LogP contribution in [0.1, 0.15) is 17.3 Å². The molecule has 19 heavy (non-hydrogen) atoms. The number of aliphatic hydroxyl groups is 1. The number of nitrogens with one attached hydrogen (secondary N) is 1. The lowest BCUT2D eigenvalue weighted by Crippen LogP contribution is -2.61. The number of sulfonamides is 1. The number of carbonyl (C=O) groups is 1. The smallest absolute Gasteiger partial charge is 0.251 e. The molecule has 0 aliphatic carbocycles. The molecule has 2 N–H and O–H groups in total. The van der Waals surface area contributed by atoms with E-state index in [0.29, 0.717) is 5.56 Å². The van der Waals surface area contributed by atoms with Crippen LogP contribution in [0.2, 0.25) is 0 Å². The summed E-state index contributed by atoms with van der Waals surface area (Å²) in [7, 11) is -2.07. The maximum atomic E-state index is 12.2. The van der Waals surface area contributed by atoms with Crippen LogP contribution in [0.25, 0.3) is 0 Å². The molecule has 104 valence electrons. The summed E-state index contributed by atoms with van der Waals surface area (Å²) in [4.78, 5) is 11.5. The Morgan fingerprint density at radius 1 is 1.32 bits per heavy atom. The van der Waals surface area contributed by atoms with Crippen LogP contribution in [-0.4, -0.2) is 49.5 Å². The van der Waals surface area contributed by atoms with Gasteiger partial charge in [-0.1, -0.05) is 0 Å². The molecule has 1 aromatic rings. The summed E-state index contributed by atoms with van der Waals surface area (Å²) in [5.74, 6) is -0.268. The van der Waals surface area contributed by atoms with Gasteiger partial charge in [0.1, 0.15) is 0 Å². The molecule has 6 nitrogen and oxygen atoms in total. The largest absolute Gasteiger partial charge is 0.387 e. The van der Waals surface area contributed by atoms with E-state index in [1.165, 1.54) is 35.6 Å². The molecule has 1 aromatic carbocycles. The highest BCUT2D eigenvalue weighted by Crippen LogP contribution is 2.27. The summed E-state index contributed by atoms with van der Waals surface area (Å²) >= 11 is 0. The Morgan fingerprint density at radius 2 is 1.84 bits per heavy atom. The van der Waals surface area contributed by atoms with E-state index in [1.807, 2.05) is 0 Å². The summed E-state index contributed by atoms with van der Waals surface area (Å²) in [6, 6.07) is 5.72. The van der Waals surface area contributed by atoms with Crippen molar-refractivity contribution >= 4 is 15.9 Å². The van der Waals surface area contributed by atoms with E-state index in [4.69, 9.17) is 0 Å². The molecule has 1 heterocycles. The van der Waals surface area contributed by atoms with Crippen LogP contribution >= 0.6 is 0 Å². The van der Waals surface area contributed by atoms with Gasteiger partial charge < -0.3 is 10.4 Å². The normalized spacial score (nSPS) is 18.7. The molecule has 1 aliphatic heterocycles. The molecular formula is C12H16N2O4S. The minimum atomic E-state index is -3.58. The van der Waals surface area contributed by atoms with E-state index in [-0.39, 0.29) is 23.9 Å². The zero-order valence-corrected chi connectivity index (χ0v) is 11.6. The van der Waals surface area contributed by atoms with Crippen molar-refractivity contribution < 1.29 is 18.3 Å². The Bertz CT molecular complexity index is 585. The van der Waals surface area contributed by atoms with Crippen molar-refractivity contribution in [1.82, 2.24) is 9.62 Å². The lowest BCUT2D eigenvalue weighted by molar-refractivity contribution is -0.0426. The van der Waals surface area contributed by atoms with Crippen LogP contribution in [-0.2, 0) is 10.0 Å². The van der Waals surface area contributed by atoms with Gasteiger partial charge in [-0.15, -0.1) is 0 Å². The third-order valence-corrected chi connectivity index (χ3v) is 4.82. The number of benzene rings is 1. The molecular weight excluding hydrogens is 268 g/mol. The van der Waals surface area contributed by atoms with Gasteiger partial charge in [0.2, 0.25) is 10.0 Å². The number of nitrogens with zero attached hydrogens (tertiary/aromatic N) is 1. The summed E-state index contributed by atoms with van der Waals surface area (Å²) in [5, 5.41) is 12.0. The molecule has 1 amide bonds. The lowest BCUT2D eigenvalue weighted by Gasteiger charge is -2.42. The Kier molecular flexibility index (Phi) is 3.38. The van der Waals surface area contributed by atoms with Crippen molar-refractivity contribution in [3.8, 4) is 0 Å². The molecule has 2 rings (SSSR count). The van der Waals surface area contributed by atoms with Gasteiger partial charge in [0.15, 0.2) is 0 Å². The van der Waals surface area contributed by atoms with Crippen molar-refractivity contribution in [1.29, 1.82) is 0 Å². The van der Waals surface area contributed by atoms with E-state index >= 15 is 0 Å². The second kappa shape index (κ2) is 4.59. The molecule has 1 aliphatic rings. The first-order valence-electron chi connectivity index (χ1n) is 5.81. The molecule has 0 spiro atoms.